The van der Waals surface area contributed by atoms with E-state index >= 15 is 0 Å². The lowest BCUT2D eigenvalue weighted by molar-refractivity contribution is 0.0944. The average molecular weight is 415 g/mol. The molecule has 0 radical (unpaired) electrons. The molecule has 1 amide bonds. The largest absolute Gasteiger partial charge is 0.347 e. The fourth-order valence-electron chi connectivity index (χ4n) is 3.44. The standard InChI is InChI=1S/C24H19ClN4O/c1-3-20-23(29-15-18(25)12-13-22(29)28-20)24(30)27-14-16-8-10-17(11-9-16)19-6-4-5-7-21(19)26-2/h4-13,15H,3,14H2,1H3,(H,27,30). The number of amides is 1. The lowest BCUT2D eigenvalue weighted by atomic mass is 10.0. The van der Waals surface area contributed by atoms with Gasteiger partial charge in [-0.25, -0.2) is 9.83 Å². The number of carbonyl (C=O) groups is 1. The summed E-state index contributed by atoms with van der Waals surface area (Å²) in [5, 5.41) is 3.53. The van der Waals surface area contributed by atoms with Crippen molar-refractivity contribution in [3.63, 3.8) is 0 Å². The van der Waals surface area contributed by atoms with Crippen LogP contribution in [0.1, 0.15) is 28.7 Å². The minimum Gasteiger partial charge on any atom is -0.347 e. The Labute approximate surface area is 179 Å². The van der Waals surface area contributed by atoms with Gasteiger partial charge in [0.2, 0.25) is 0 Å². The first-order valence-corrected chi connectivity index (χ1v) is 9.99. The number of aryl methyl sites for hydroxylation is 1. The predicted octanol–water partition coefficient (Wildman–Crippen LogP) is 5.70. The molecule has 0 unspecified atom stereocenters. The van der Waals surface area contributed by atoms with Gasteiger partial charge in [-0.3, -0.25) is 9.20 Å². The van der Waals surface area contributed by atoms with Crippen LogP contribution in [-0.4, -0.2) is 15.3 Å². The van der Waals surface area contributed by atoms with Crippen molar-refractivity contribution in [3.05, 3.63) is 100 Å². The van der Waals surface area contributed by atoms with E-state index in [4.69, 9.17) is 18.2 Å². The molecule has 6 heteroatoms. The normalized spacial score (nSPS) is 10.7. The highest BCUT2D eigenvalue weighted by atomic mass is 35.5. The first kappa shape index (κ1) is 19.7. The molecule has 148 valence electrons. The van der Waals surface area contributed by atoms with Crippen LogP contribution in [0.4, 0.5) is 5.69 Å². The molecule has 30 heavy (non-hydrogen) atoms. The number of nitrogens with zero attached hydrogens (tertiary/aromatic N) is 3. The molecular weight excluding hydrogens is 396 g/mol. The van der Waals surface area contributed by atoms with Gasteiger partial charge in [0.05, 0.1) is 17.3 Å². The second-order valence-electron chi connectivity index (χ2n) is 6.84. The zero-order valence-electron chi connectivity index (χ0n) is 16.4. The van der Waals surface area contributed by atoms with Crippen LogP contribution in [0.3, 0.4) is 0 Å². The maximum atomic E-state index is 12.9. The lowest BCUT2D eigenvalue weighted by Gasteiger charge is -2.09. The van der Waals surface area contributed by atoms with E-state index in [1.54, 1.807) is 22.7 Å². The quantitative estimate of drug-likeness (QED) is 0.426. The van der Waals surface area contributed by atoms with Gasteiger partial charge in [0.1, 0.15) is 11.3 Å². The van der Waals surface area contributed by atoms with Crippen molar-refractivity contribution in [2.75, 3.05) is 0 Å². The molecule has 0 aliphatic rings. The summed E-state index contributed by atoms with van der Waals surface area (Å²) < 4.78 is 1.74. The first-order chi connectivity index (χ1) is 14.6. The summed E-state index contributed by atoms with van der Waals surface area (Å²) in [5.74, 6) is -0.191. The van der Waals surface area contributed by atoms with E-state index in [2.05, 4.69) is 15.1 Å². The second-order valence-corrected chi connectivity index (χ2v) is 7.28. The maximum absolute atomic E-state index is 12.9. The molecule has 0 fully saturated rings. The van der Waals surface area contributed by atoms with Crippen LogP contribution in [0.2, 0.25) is 5.02 Å². The highest BCUT2D eigenvalue weighted by Crippen LogP contribution is 2.30. The van der Waals surface area contributed by atoms with Gasteiger partial charge in [-0.1, -0.05) is 67.1 Å². The molecule has 0 bridgehead atoms. The monoisotopic (exact) mass is 414 g/mol. The Bertz CT molecular complexity index is 1270. The number of hydrogen-bond donors (Lipinski definition) is 1. The van der Waals surface area contributed by atoms with E-state index < -0.39 is 0 Å². The molecular formula is C24H19ClN4O. The summed E-state index contributed by atoms with van der Waals surface area (Å²) in [7, 11) is 0. The van der Waals surface area contributed by atoms with Crippen LogP contribution in [-0.2, 0) is 13.0 Å². The predicted molar refractivity (Wildman–Crippen MR) is 119 cm³/mol. The first-order valence-electron chi connectivity index (χ1n) is 9.61. The van der Waals surface area contributed by atoms with Gasteiger partial charge in [-0.2, -0.15) is 0 Å². The maximum Gasteiger partial charge on any atom is 0.270 e. The SMILES string of the molecule is [C-]#[N+]c1ccccc1-c1ccc(CNC(=O)c2c(CC)nc3ccc(Cl)cn23)cc1. The zero-order chi connectivity index (χ0) is 21.1. The molecule has 2 aromatic carbocycles. The van der Waals surface area contributed by atoms with Gasteiger partial charge in [0, 0.05) is 12.7 Å². The lowest BCUT2D eigenvalue weighted by Crippen LogP contribution is -2.25. The summed E-state index contributed by atoms with van der Waals surface area (Å²) in [6, 6.07) is 19.0. The summed E-state index contributed by atoms with van der Waals surface area (Å²) in [6.07, 6.45) is 2.36. The fraction of sp³-hybridized carbons (Fsp3) is 0.125. The highest BCUT2D eigenvalue weighted by molar-refractivity contribution is 6.30. The summed E-state index contributed by atoms with van der Waals surface area (Å²) in [6.45, 7) is 9.69. The fourth-order valence-corrected chi connectivity index (χ4v) is 3.60. The summed E-state index contributed by atoms with van der Waals surface area (Å²) in [4.78, 5) is 21.0. The van der Waals surface area contributed by atoms with Gasteiger partial charge in [-0.15, -0.1) is 0 Å². The summed E-state index contributed by atoms with van der Waals surface area (Å²) in [5.41, 5.74) is 5.41. The van der Waals surface area contributed by atoms with Crippen LogP contribution in [0, 0.1) is 6.57 Å². The Morgan fingerprint density at radius 2 is 1.90 bits per heavy atom. The molecule has 0 aliphatic carbocycles. The van der Waals surface area contributed by atoms with Crippen LogP contribution < -0.4 is 5.32 Å². The van der Waals surface area contributed by atoms with Gasteiger partial charge < -0.3 is 5.32 Å². The van der Waals surface area contributed by atoms with Crippen molar-refractivity contribution in [1.82, 2.24) is 14.7 Å². The Kier molecular flexibility index (Phi) is 5.51. The van der Waals surface area contributed by atoms with Crippen LogP contribution in [0.25, 0.3) is 21.6 Å². The molecule has 0 saturated heterocycles. The molecule has 0 atom stereocenters. The third-order valence-corrected chi connectivity index (χ3v) is 5.17. The number of para-hydroxylation sites is 1. The van der Waals surface area contributed by atoms with Gasteiger partial charge in [-0.05, 0) is 35.2 Å². The number of aromatic nitrogens is 2. The molecule has 1 N–H and O–H groups in total. The highest BCUT2D eigenvalue weighted by Gasteiger charge is 2.18. The Morgan fingerprint density at radius 1 is 1.13 bits per heavy atom. The van der Waals surface area contributed by atoms with E-state index in [-0.39, 0.29) is 5.91 Å². The molecule has 2 aromatic heterocycles. The van der Waals surface area contributed by atoms with Crippen molar-refractivity contribution in [2.45, 2.75) is 19.9 Å². The Morgan fingerprint density at radius 3 is 2.63 bits per heavy atom. The van der Waals surface area contributed by atoms with Gasteiger partial charge in [0.15, 0.2) is 5.69 Å². The van der Waals surface area contributed by atoms with Crippen LogP contribution in [0.5, 0.6) is 0 Å². The molecule has 5 nitrogen and oxygen atoms in total. The number of rotatable bonds is 5. The van der Waals surface area contributed by atoms with Crippen molar-refractivity contribution >= 4 is 28.8 Å². The number of nitrogens with one attached hydrogen (secondary N) is 1. The van der Waals surface area contributed by atoms with Crippen LogP contribution >= 0.6 is 11.6 Å². The topological polar surface area (TPSA) is 50.8 Å². The third-order valence-electron chi connectivity index (χ3n) is 4.95. The zero-order valence-corrected chi connectivity index (χ0v) is 17.1. The number of hydrogen-bond acceptors (Lipinski definition) is 2. The van der Waals surface area contributed by atoms with Crippen LogP contribution in [0.15, 0.2) is 66.9 Å². The molecule has 4 aromatic rings. The Balaban J connectivity index is 1.53. The Hall–Kier alpha value is -3.62. The number of benzene rings is 2. The minimum atomic E-state index is -0.191. The van der Waals surface area contributed by atoms with Crippen molar-refractivity contribution in [3.8, 4) is 11.1 Å². The minimum absolute atomic E-state index is 0.191. The van der Waals surface area contributed by atoms with Crippen molar-refractivity contribution in [2.24, 2.45) is 0 Å². The molecule has 0 spiro atoms. The number of carbonyl (C=O) groups excluding carboxylic acids is 1. The molecule has 0 saturated carbocycles. The van der Waals surface area contributed by atoms with Gasteiger partial charge >= 0.3 is 0 Å². The van der Waals surface area contributed by atoms with E-state index in [1.807, 2.05) is 55.5 Å². The van der Waals surface area contributed by atoms with Crippen molar-refractivity contribution < 1.29 is 4.79 Å². The number of pyridine rings is 1. The second kappa shape index (κ2) is 8.40. The number of fused-ring (bicyclic) bond motifs is 1. The van der Waals surface area contributed by atoms with E-state index in [9.17, 15) is 4.79 Å². The number of halogens is 1. The van der Waals surface area contributed by atoms with E-state index in [1.165, 1.54) is 0 Å². The van der Waals surface area contributed by atoms with E-state index in [0.29, 0.717) is 35.0 Å². The third kappa shape index (κ3) is 3.78. The van der Waals surface area contributed by atoms with Crippen molar-refractivity contribution in [1.29, 1.82) is 0 Å². The molecule has 2 heterocycles. The van der Waals surface area contributed by atoms with Gasteiger partial charge in [0.25, 0.3) is 5.91 Å². The smallest absolute Gasteiger partial charge is 0.270 e. The summed E-state index contributed by atoms with van der Waals surface area (Å²) >= 11 is 6.11. The molecule has 4 rings (SSSR count). The number of imidazole rings is 1. The molecule has 0 aliphatic heterocycles. The van der Waals surface area contributed by atoms with E-state index in [0.717, 1.165) is 22.4 Å². The average Bonchev–Trinajstić information content (AvgIpc) is 3.15.